The fourth-order valence-electron chi connectivity index (χ4n) is 7.00. The Bertz CT molecular complexity index is 2670. The maximum atomic E-state index is 12.9. The zero-order valence-corrected chi connectivity index (χ0v) is 34.6. The van der Waals surface area contributed by atoms with Gasteiger partial charge in [-0.05, 0) is 40.2 Å². The van der Waals surface area contributed by atoms with Crippen LogP contribution in [0.1, 0.15) is 51.9 Å². The van der Waals surface area contributed by atoms with Crippen molar-refractivity contribution in [2.75, 3.05) is 52.4 Å². The van der Waals surface area contributed by atoms with Gasteiger partial charge in [0.25, 0.3) is 41.1 Å². The highest BCUT2D eigenvalue weighted by molar-refractivity contribution is 9.10. The molecule has 2 aromatic carbocycles. The van der Waals surface area contributed by atoms with Gasteiger partial charge in [0.15, 0.2) is 5.69 Å². The molecule has 0 aliphatic carbocycles. The Morgan fingerprint density at radius 2 is 0.950 bits per heavy atom. The Hall–Kier alpha value is -6.43. The third kappa shape index (κ3) is 8.36. The first-order chi connectivity index (χ1) is 28.8. The van der Waals surface area contributed by atoms with Crippen molar-refractivity contribution in [3.8, 4) is 0 Å². The molecule has 4 aromatic heterocycles. The summed E-state index contributed by atoms with van der Waals surface area (Å²) in [5, 5.41) is 1.10. The molecule has 0 radical (unpaired) electrons. The lowest BCUT2D eigenvalue weighted by Gasteiger charge is -2.34. The Labute approximate surface area is 359 Å². The number of benzene rings is 2. The van der Waals surface area contributed by atoms with Crippen LogP contribution in [-0.4, -0.2) is 133 Å². The number of fused-ring (bicyclic) bond motifs is 2. The van der Waals surface area contributed by atoms with Crippen LogP contribution < -0.4 is 5.73 Å². The number of primary amides is 1. The van der Waals surface area contributed by atoms with Gasteiger partial charge in [-0.3, -0.25) is 33.6 Å². The van der Waals surface area contributed by atoms with E-state index in [9.17, 15) is 33.6 Å². The molecule has 8 rings (SSSR count). The normalized spacial score (nSPS) is 14.1. The lowest BCUT2D eigenvalue weighted by molar-refractivity contribution is -0.128. The number of nitrogens with zero attached hydrogens (tertiary/aromatic N) is 6. The quantitative estimate of drug-likeness (QED) is 0.116. The number of rotatable bonds is 7. The van der Waals surface area contributed by atoms with Crippen LogP contribution in [-0.2, 0) is 9.59 Å². The Kier molecular flexibility index (Phi) is 12.4. The lowest BCUT2D eigenvalue weighted by atomic mass is 10.1. The van der Waals surface area contributed by atoms with E-state index in [4.69, 9.17) is 28.9 Å². The van der Waals surface area contributed by atoms with E-state index in [1.54, 1.807) is 46.2 Å². The lowest BCUT2D eigenvalue weighted by Crippen LogP contribution is -2.52. The van der Waals surface area contributed by atoms with E-state index in [-0.39, 0.29) is 57.7 Å². The second kappa shape index (κ2) is 17.8. The van der Waals surface area contributed by atoms with Crippen molar-refractivity contribution >= 4 is 102 Å². The van der Waals surface area contributed by atoms with Gasteiger partial charge >= 0.3 is 0 Å². The SMILES string of the molecule is NC(=O)c1ncc(Cl)c2c(C(=O)C(=O)N3CCN(C(=O)c4ccccc4)CC3)c[nH]c12.O=C(C(=O)N1CCN(C(=O)c2ccccc2)CC1)c1c[nH]c2c(Br)ncc(Cl)c12. The van der Waals surface area contributed by atoms with Crippen LogP contribution in [0.15, 0.2) is 90.1 Å². The molecule has 306 valence electrons. The summed E-state index contributed by atoms with van der Waals surface area (Å²) in [7, 11) is 0. The number of aromatic amines is 2. The minimum Gasteiger partial charge on any atom is -0.364 e. The van der Waals surface area contributed by atoms with Gasteiger partial charge < -0.3 is 35.3 Å². The second-order valence-electron chi connectivity index (χ2n) is 13.7. The van der Waals surface area contributed by atoms with Crippen LogP contribution in [0.3, 0.4) is 0 Å². The number of nitrogens with two attached hydrogens (primary N) is 1. The smallest absolute Gasteiger partial charge is 0.295 e. The van der Waals surface area contributed by atoms with Gasteiger partial charge in [0.2, 0.25) is 0 Å². The van der Waals surface area contributed by atoms with Crippen LogP contribution >= 0.6 is 39.1 Å². The van der Waals surface area contributed by atoms with Gasteiger partial charge in [-0.25, -0.2) is 9.97 Å². The molecule has 0 spiro atoms. The largest absolute Gasteiger partial charge is 0.364 e. The summed E-state index contributed by atoms with van der Waals surface area (Å²) in [6, 6.07) is 17.9. The first kappa shape index (κ1) is 41.7. The van der Waals surface area contributed by atoms with E-state index in [1.165, 1.54) is 34.6 Å². The number of amides is 5. The number of aromatic nitrogens is 4. The van der Waals surface area contributed by atoms with Crippen molar-refractivity contribution in [3.63, 3.8) is 0 Å². The van der Waals surface area contributed by atoms with Gasteiger partial charge in [0.1, 0.15) is 4.60 Å². The number of halogens is 3. The molecular weight excluding hydrogens is 881 g/mol. The Balaban J connectivity index is 0.000000182. The zero-order chi connectivity index (χ0) is 42.7. The Morgan fingerprint density at radius 1 is 0.567 bits per heavy atom. The average Bonchev–Trinajstić information content (AvgIpc) is 3.95. The van der Waals surface area contributed by atoms with E-state index >= 15 is 0 Å². The summed E-state index contributed by atoms with van der Waals surface area (Å²) in [6.07, 6.45) is 5.43. The monoisotopic (exact) mass is 913 g/mol. The topological polar surface area (TPSA) is 216 Å². The molecule has 60 heavy (non-hydrogen) atoms. The van der Waals surface area contributed by atoms with Gasteiger partial charge in [0.05, 0.1) is 32.2 Å². The molecule has 6 heterocycles. The number of hydrogen-bond acceptors (Lipinski definition) is 9. The molecule has 0 atom stereocenters. The summed E-state index contributed by atoms with van der Waals surface area (Å²) in [6.45, 7) is 2.43. The van der Waals surface area contributed by atoms with Crippen LogP contribution in [0.5, 0.6) is 0 Å². The molecule has 0 bridgehead atoms. The molecule has 16 nitrogen and oxygen atoms in total. The molecule has 2 saturated heterocycles. The fourth-order valence-corrected chi connectivity index (χ4v) is 7.90. The molecule has 6 aromatic rings. The number of carbonyl (C=O) groups is 7. The van der Waals surface area contributed by atoms with Crippen molar-refractivity contribution in [1.29, 1.82) is 0 Å². The number of H-pyrrole nitrogens is 2. The van der Waals surface area contributed by atoms with E-state index < -0.39 is 29.3 Å². The molecule has 0 saturated carbocycles. The third-order valence-electron chi connectivity index (χ3n) is 10.1. The molecule has 2 aliphatic rings. The number of nitrogens with one attached hydrogen (secondary N) is 2. The minimum atomic E-state index is -0.784. The van der Waals surface area contributed by atoms with Crippen LogP contribution in [0, 0.1) is 0 Å². The van der Waals surface area contributed by atoms with Crippen LogP contribution in [0.25, 0.3) is 21.8 Å². The third-order valence-corrected chi connectivity index (χ3v) is 11.3. The van der Waals surface area contributed by atoms with E-state index in [0.717, 1.165) is 0 Å². The van der Waals surface area contributed by atoms with Gasteiger partial charge in [-0.15, -0.1) is 0 Å². The van der Waals surface area contributed by atoms with Crippen molar-refractivity contribution < 1.29 is 33.6 Å². The molecule has 0 unspecified atom stereocenters. The second-order valence-corrected chi connectivity index (χ2v) is 15.2. The molecule has 19 heteroatoms. The van der Waals surface area contributed by atoms with Crippen LogP contribution in [0.2, 0.25) is 10.0 Å². The maximum absolute atomic E-state index is 12.9. The Morgan fingerprint density at radius 3 is 1.38 bits per heavy atom. The molecule has 5 amide bonds. The number of pyridine rings is 2. The van der Waals surface area contributed by atoms with Crippen molar-refractivity contribution in [3.05, 3.63) is 128 Å². The summed E-state index contributed by atoms with van der Waals surface area (Å²) >= 11 is 15.7. The predicted molar refractivity (Wildman–Crippen MR) is 225 cm³/mol. The summed E-state index contributed by atoms with van der Waals surface area (Å²) in [4.78, 5) is 108. The van der Waals surface area contributed by atoms with Gasteiger partial charge in [-0.1, -0.05) is 59.6 Å². The highest BCUT2D eigenvalue weighted by Gasteiger charge is 2.33. The minimum absolute atomic E-state index is 0.0395. The maximum Gasteiger partial charge on any atom is 0.295 e. The number of hydrogen-bond donors (Lipinski definition) is 3. The first-order valence-electron chi connectivity index (χ1n) is 18.5. The zero-order valence-electron chi connectivity index (χ0n) is 31.5. The summed E-state index contributed by atoms with van der Waals surface area (Å²) in [5.74, 6) is -3.70. The molecular formula is C41H34BrCl2N9O7. The fraction of sp³-hybridized carbons (Fsp3) is 0.195. The standard InChI is InChI=1S/C21H18ClN5O4.C20H16BrClN4O3/c22-14-11-25-17(19(23)29)16-15(14)13(10-24-16)18(28)21(31)27-8-6-26(7-9-27)20(30)12-4-2-1-3-5-12;21-18-16-15(14(22)11-24-18)13(10-23-16)17(27)20(29)26-8-6-25(7-9-26)19(28)12-4-2-1-3-5-12/h1-5,10-11,24H,6-9H2,(H2,23,29);1-5,10-11,23H,6-9H2. The molecule has 4 N–H and O–H groups in total. The van der Waals surface area contributed by atoms with Gasteiger partial charge in [0, 0.05) is 99.0 Å². The predicted octanol–water partition coefficient (Wildman–Crippen LogP) is 4.63. The highest BCUT2D eigenvalue weighted by Crippen LogP contribution is 2.31. The number of Topliss-reactive ketones (excluding diaryl/α,β-unsaturated/α-hetero) is 2. The first-order valence-corrected chi connectivity index (χ1v) is 20.0. The van der Waals surface area contributed by atoms with Crippen molar-refractivity contribution in [2.45, 2.75) is 0 Å². The summed E-state index contributed by atoms with van der Waals surface area (Å²) < 4.78 is 0.511. The molecule has 2 fully saturated rings. The average molecular weight is 916 g/mol. The van der Waals surface area contributed by atoms with Gasteiger partial charge in [-0.2, -0.15) is 0 Å². The van der Waals surface area contributed by atoms with Crippen molar-refractivity contribution in [1.82, 2.24) is 39.5 Å². The number of ketones is 2. The van der Waals surface area contributed by atoms with E-state index in [0.29, 0.717) is 70.9 Å². The number of carbonyl (C=O) groups excluding carboxylic acids is 7. The van der Waals surface area contributed by atoms with E-state index in [2.05, 4.69) is 35.9 Å². The van der Waals surface area contributed by atoms with Crippen molar-refractivity contribution in [2.24, 2.45) is 5.73 Å². The van der Waals surface area contributed by atoms with E-state index in [1.807, 2.05) is 24.3 Å². The highest BCUT2D eigenvalue weighted by atomic mass is 79.9. The summed E-state index contributed by atoms with van der Waals surface area (Å²) in [5.41, 5.74) is 7.44. The number of piperazine rings is 2. The van der Waals surface area contributed by atoms with Crippen LogP contribution in [0.4, 0.5) is 0 Å². The molecule has 2 aliphatic heterocycles.